The van der Waals surface area contributed by atoms with Crippen molar-refractivity contribution in [1.29, 1.82) is 0 Å². The molecule has 0 spiro atoms. The van der Waals surface area contributed by atoms with Gasteiger partial charge in [0.2, 0.25) is 0 Å². The Morgan fingerprint density at radius 1 is 0.950 bits per heavy atom. The highest BCUT2D eigenvalue weighted by atomic mass is 19.4. The van der Waals surface area contributed by atoms with Crippen LogP contribution in [0.4, 0.5) is 13.2 Å². The van der Waals surface area contributed by atoms with Gasteiger partial charge in [-0.15, -0.1) is 0 Å². The zero-order valence-electron chi connectivity index (χ0n) is 11.0. The lowest BCUT2D eigenvalue weighted by Crippen LogP contribution is -2.04. The van der Waals surface area contributed by atoms with Crippen LogP contribution in [0.2, 0.25) is 0 Å². The third-order valence-corrected chi connectivity index (χ3v) is 3.67. The molecule has 2 aromatic carbocycles. The van der Waals surface area contributed by atoms with Crippen LogP contribution in [0.3, 0.4) is 0 Å². The molecule has 102 valence electrons. The van der Waals surface area contributed by atoms with E-state index in [1.54, 1.807) is 12.1 Å². The molecule has 0 atom stereocenters. The molecule has 0 radical (unpaired) electrons. The molecule has 0 N–H and O–H groups in total. The van der Waals surface area contributed by atoms with Gasteiger partial charge in [-0.2, -0.15) is 13.2 Å². The van der Waals surface area contributed by atoms with Crippen molar-refractivity contribution in [3.63, 3.8) is 0 Å². The summed E-state index contributed by atoms with van der Waals surface area (Å²) in [6.45, 7) is 1.99. The largest absolute Gasteiger partial charge is 0.416 e. The maximum Gasteiger partial charge on any atom is 0.416 e. The molecule has 0 aromatic heterocycles. The van der Waals surface area contributed by atoms with E-state index < -0.39 is 11.7 Å². The molecule has 0 fully saturated rings. The average molecular weight is 274 g/mol. The number of fused-ring (bicyclic) bond motifs is 1. The van der Waals surface area contributed by atoms with Gasteiger partial charge in [-0.1, -0.05) is 36.4 Å². The highest BCUT2D eigenvalue weighted by Crippen LogP contribution is 2.36. The molecule has 20 heavy (non-hydrogen) atoms. The average Bonchev–Trinajstić information content (AvgIpc) is 2.86. The van der Waals surface area contributed by atoms with Crippen molar-refractivity contribution in [3.8, 4) is 11.1 Å². The Kier molecular flexibility index (Phi) is 2.93. The molecule has 0 unspecified atom stereocenters. The molecule has 3 heteroatoms. The maximum atomic E-state index is 12.6. The fourth-order valence-corrected chi connectivity index (χ4v) is 2.65. The number of benzene rings is 2. The minimum Gasteiger partial charge on any atom is -0.166 e. The highest BCUT2D eigenvalue weighted by molar-refractivity contribution is 5.81. The van der Waals surface area contributed by atoms with E-state index >= 15 is 0 Å². The van der Waals surface area contributed by atoms with Gasteiger partial charge in [0.15, 0.2) is 0 Å². The zero-order chi connectivity index (χ0) is 14.3. The second-order valence-corrected chi connectivity index (χ2v) is 5.01. The first kappa shape index (κ1) is 13.0. The Labute approximate surface area is 115 Å². The van der Waals surface area contributed by atoms with Gasteiger partial charge >= 0.3 is 6.18 Å². The van der Waals surface area contributed by atoms with Crippen LogP contribution < -0.4 is 0 Å². The Morgan fingerprint density at radius 2 is 1.65 bits per heavy atom. The molecule has 0 amide bonds. The Hall–Kier alpha value is -2.03. The smallest absolute Gasteiger partial charge is 0.166 e. The summed E-state index contributed by atoms with van der Waals surface area (Å²) in [5.41, 5.74) is 4.69. The van der Waals surface area contributed by atoms with E-state index in [9.17, 15) is 13.2 Å². The van der Waals surface area contributed by atoms with Gasteiger partial charge in [-0.05, 0) is 53.3 Å². The van der Waals surface area contributed by atoms with Gasteiger partial charge in [0, 0.05) is 0 Å². The summed E-state index contributed by atoms with van der Waals surface area (Å²) < 4.78 is 37.8. The number of alkyl halides is 3. The Morgan fingerprint density at radius 3 is 2.30 bits per heavy atom. The van der Waals surface area contributed by atoms with Crippen molar-refractivity contribution < 1.29 is 13.2 Å². The van der Waals surface area contributed by atoms with Crippen LogP contribution in [0, 0.1) is 6.92 Å². The lowest BCUT2D eigenvalue weighted by Gasteiger charge is -2.13. The summed E-state index contributed by atoms with van der Waals surface area (Å²) >= 11 is 0. The first-order chi connectivity index (χ1) is 9.47. The normalized spacial score (nSPS) is 13.6. The topological polar surface area (TPSA) is 0 Å². The summed E-state index contributed by atoms with van der Waals surface area (Å²) in [6, 6.07) is 9.51. The third kappa shape index (κ3) is 2.13. The first-order valence-corrected chi connectivity index (χ1v) is 6.43. The second kappa shape index (κ2) is 4.51. The van der Waals surface area contributed by atoms with Crippen molar-refractivity contribution in [2.24, 2.45) is 0 Å². The van der Waals surface area contributed by atoms with E-state index in [4.69, 9.17) is 0 Å². The molecule has 0 aliphatic heterocycles. The lowest BCUT2D eigenvalue weighted by atomic mass is 9.92. The van der Waals surface area contributed by atoms with Crippen molar-refractivity contribution in [3.05, 3.63) is 64.7 Å². The number of hydrogen-bond acceptors (Lipinski definition) is 0. The molecule has 0 saturated heterocycles. The standard InChI is InChI=1S/C17H13F3/c1-11-5-6-12-3-2-4-15(12)16(11)13-7-9-14(10-8-13)17(18,19)20/h2,4-10H,3H2,1H3. The number of halogens is 3. The quantitative estimate of drug-likeness (QED) is 0.666. The van der Waals surface area contributed by atoms with Crippen molar-refractivity contribution in [2.75, 3.05) is 0 Å². The van der Waals surface area contributed by atoms with E-state index in [-0.39, 0.29) is 0 Å². The SMILES string of the molecule is Cc1ccc2c(c1-c1ccc(C(F)(F)F)cc1)C=CC2. The van der Waals surface area contributed by atoms with Crippen LogP contribution in [0.1, 0.15) is 22.3 Å². The molecule has 1 aliphatic carbocycles. The van der Waals surface area contributed by atoms with Gasteiger partial charge in [0.1, 0.15) is 0 Å². The predicted molar refractivity (Wildman–Crippen MR) is 74.4 cm³/mol. The second-order valence-electron chi connectivity index (χ2n) is 5.01. The zero-order valence-corrected chi connectivity index (χ0v) is 11.0. The van der Waals surface area contributed by atoms with Gasteiger partial charge in [-0.3, -0.25) is 0 Å². The minimum atomic E-state index is -4.29. The van der Waals surface area contributed by atoms with E-state index in [0.29, 0.717) is 0 Å². The van der Waals surface area contributed by atoms with Crippen molar-refractivity contribution in [2.45, 2.75) is 19.5 Å². The maximum absolute atomic E-state index is 12.6. The molecule has 0 heterocycles. The molecule has 0 saturated carbocycles. The monoisotopic (exact) mass is 274 g/mol. The predicted octanol–water partition coefficient (Wildman–Crippen LogP) is 5.25. The van der Waals surface area contributed by atoms with Gasteiger partial charge in [0.05, 0.1) is 5.56 Å². The van der Waals surface area contributed by atoms with Gasteiger partial charge in [-0.25, -0.2) is 0 Å². The highest BCUT2D eigenvalue weighted by Gasteiger charge is 2.30. The summed E-state index contributed by atoms with van der Waals surface area (Å²) in [7, 11) is 0. The van der Waals surface area contributed by atoms with Crippen molar-refractivity contribution >= 4 is 6.08 Å². The lowest BCUT2D eigenvalue weighted by molar-refractivity contribution is -0.137. The number of rotatable bonds is 1. The molecule has 1 aliphatic rings. The number of hydrogen-bond donors (Lipinski definition) is 0. The minimum absolute atomic E-state index is 0.609. The fourth-order valence-electron chi connectivity index (χ4n) is 2.65. The van der Waals surface area contributed by atoms with E-state index in [0.717, 1.165) is 40.8 Å². The molecule has 0 bridgehead atoms. The molecular weight excluding hydrogens is 261 g/mol. The van der Waals surface area contributed by atoms with Crippen molar-refractivity contribution in [1.82, 2.24) is 0 Å². The molecule has 2 aromatic rings. The van der Waals surface area contributed by atoms with E-state index in [1.807, 2.05) is 13.0 Å². The van der Waals surface area contributed by atoms with Crippen LogP contribution in [0.15, 0.2) is 42.5 Å². The van der Waals surface area contributed by atoms with Crippen LogP contribution in [0.25, 0.3) is 17.2 Å². The van der Waals surface area contributed by atoms with Crippen LogP contribution in [-0.4, -0.2) is 0 Å². The van der Waals surface area contributed by atoms with Crippen LogP contribution >= 0.6 is 0 Å². The summed E-state index contributed by atoms with van der Waals surface area (Å²) in [5, 5.41) is 0. The van der Waals surface area contributed by atoms with Crippen LogP contribution in [-0.2, 0) is 12.6 Å². The molecule has 0 nitrogen and oxygen atoms in total. The molecule has 3 rings (SSSR count). The summed E-state index contributed by atoms with van der Waals surface area (Å²) in [5.74, 6) is 0. The molecular formula is C17H13F3. The number of allylic oxidation sites excluding steroid dienone is 1. The van der Waals surface area contributed by atoms with Gasteiger partial charge in [0.25, 0.3) is 0 Å². The van der Waals surface area contributed by atoms with E-state index in [2.05, 4.69) is 18.2 Å². The third-order valence-electron chi connectivity index (χ3n) is 3.67. The Bertz CT molecular complexity index is 677. The number of aryl methyl sites for hydroxylation is 1. The first-order valence-electron chi connectivity index (χ1n) is 6.43. The fraction of sp³-hybridized carbons (Fsp3) is 0.176. The summed E-state index contributed by atoms with van der Waals surface area (Å²) in [6.07, 6.45) is 0.738. The Balaban J connectivity index is 2.11. The van der Waals surface area contributed by atoms with Gasteiger partial charge < -0.3 is 0 Å². The van der Waals surface area contributed by atoms with Crippen LogP contribution in [0.5, 0.6) is 0 Å². The summed E-state index contributed by atoms with van der Waals surface area (Å²) in [4.78, 5) is 0. The van der Waals surface area contributed by atoms with E-state index in [1.165, 1.54) is 5.56 Å².